The lowest BCUT2D eigenvalue weighted by Crippen LogP contribution is -2.45. The molecule has 0 spiro atoms. The highest BCUT2D eigenvalue weighted by Gasteiger charge is 2.24. The summed E-state index contributed by atoms with van der Waals surface area (Å²) >= 11 is 0. The Balaban J connectivity index is 4.32. The van der Waals surface area contributed by atoms with Crippen LogP contribution in [0, 0.1) is 0 Å². The van der Waals surface area contributed by atoms with Crippen LogP contribution >= 0.6 is 0 Å². The van der Waals surface area contributed by atoms with Gasteiger partial charge in [-0.1, -0.05) is 0 Å². The topological polar surface area (TPSA) is 119 Å². The van der Waals surface area contributed by atoms with Crippen LogP contribution in [0.15, 0.2) is 0 Å². The highest BCUT2D eigenvalue weighted by Crippen LogP contribution is 2.05. The molecule has 0 aromatic rings. The average Bonchev–Trinajstić information content (AvgIpc) is 2.20. The summed E-state index contributed by atoms with van der Waals surface area (Å²) in [4.78, 5) is 33.3. The van der Waals surface area contributed by atoms with Crippen LogP contribution < -0.4 is 11.1 Å². The second-order valence-electron chi connectivity index (χ2n) is 4.74. The number of nitrogens with one attached hydrogen (secondary N) is 1. The normalized spacial score (nSPS) is 12.7. The van der Waals surface area contributed by atoms with Crippen molar-refractivity contribution in [2.75, 3.05) is 7.11 Å². The molecule has 0 heterocycles. The molecule has 0 unspecified atom stereocenters. The van der Waals surface area contributed by atoms with Gasteiger partial charge in [0.15, 0.2) is 0 Å². The van der Waals surface area contributed by atoms with Gasteiger partial charge < -0.3 is 20.9 Å². The first-order valence-electron chi connectivity index (χ1n) is 5.53. The molecule has 0 fully saturated rings. The molecule has 0 aliphatic heterocycles. The van der Waals surface area contributed by atoms with Crippen LogP contribution in [-0.4, -0.2) is 41.6 Å². The molecule has 4 N–H and O–H groups in total. The first-order chi connectivity index (χ1) is 8.15. The van der Waals surface area contributed by atoms with Crippen LogP contribution in [0.2, 0.25) is 0 Å². The Bertz CT molecular complexity index is 322. The smallest absolute Gasteiger partial charge is 0.326 e. The molecule has 0 aromatic carbocycles. The first-order valence-corrected chi connectivity index (χ1v) is 5.53. The molecule has 18 heavy (non-hydrogen) atoms. The number of nitrogens with two attached hydrogens (primary N) is 1. The zero-order chi connectivity index (χ0) is 14.3. The first kappa shape index (κ1) is 16.4. The zero-order valence-corrected chi connectivity index (χ0v) is 10.9. The van der Waals surface area contributed by atoms with Crippen molar-refractivity contribution in [3.63, 3.8) is 0 Å². The number of carboxylic acid groups (broad SMARTS) is 1. The molecule has 0 aliphatic rings. The van der Waals surface area contributed by atoms with E-state index in [4.69, 9.17) is 10.8 Å². The fraction of sp³-hybridized carbons (Fsp3) is 0.727. The fourth-order valence-electron chi connectivity index (χ4n) is 1.28. The van der Waals surface area contributed by atoms with Gasteiger partial charge in [-0.15, -0.1) is 0 Å². The van der Waals surface area contributed by atoms with E-state index < -0.39 is 29.4 Å². The number of aliphatic carboxylic acids is 1. The van der Waals surface area contributed by atoms with Crippen molar-refractivity contribution in [2.24, 2.45) is 5.73 Å². The number of carboxylic acids is 1. The molecule has 7 nitrogen and oxygen atoms in total. The Kier molecular flexibility index (Phi) is 6.32. The Morgan fingerprint density at radius 1 is 1.39 bits per heavy atom. The predicted octanol–water partition coefficient (Wildman–Crippen LogP) is -0.364. The quantitative estimate of drug-likeness (QED) is 0.538. The fourth-order valence-corrected chi connectivity index (χ4v) is 1.28. The largest absolute Gasteiger partial charge is 0.480 e. The molecule has 1 amide bonds. The number of ether oxygens (including phenoxy) is 1. The average molecular weight is 260 g/mol. The Labute approximate surface area is 106 Å². The molecule has 1 atom stereocenters. The molecule has 0 saturated heterocycles. The molecule has 0 bridgehead atoms. The van der Waals surface area contributed by atoms with Crippen LogP contribution in [0.25, 0.3) is 0 Å². The third-order valence-electron chi connectivity index (χ3n) is 2.11. The van der Waals surface area contributed by atoms with Gasteiger partial charge in [-0.25, -0.2) is 4.79 Å². The van der Waals surface area contributed by atoms with Crippen LogP contribution in [0.4, 0.5) is 0 Å². The third kappa shape index (κ3) is 7.61. The lowest BCUT2D eigenvalue weighted by atomic mass is 10.0. The number of hydrogen-bond acceptors (Lipinski definition) is 5. The minimum atomic E-state index is -1.19. The number of hydrogen-bond donors (Lipinski definition) is 3. The third-order valence-corrected chi connectivity index (χ3v) is 2.11. The van der Waals surface area contributed by atoms with Gasteiger partial charge in [0.25, 0.3) is 0 Å². The molecule has 0 aliphatic carbocycles. The Morgan fingerprint density at radius 3 is 2.33 bits per heavy atom. The summed E-state index contributed by atoms with van der Waals surface area (Å²) in [5.41, 5.74) is 4.94. The van der Waals surface area contributed by atoms with Crippen molar-refractivity contribution in [3.05, 3.63) is 0 Å². The molecule has 0 radical (unpaired) electrons. The molecular formula is C11H20N2O5. The maximum absolute atomic E-state index is 11.5. The van der Waals surface area contributed by atoms with Gasteiger partial charge in [-0.3, -0.25) is 9.59 Å². The van der Waals surface area contributed by atoms with Gasteiger partial charge in [-0.05, 0) is 20.3 Å². The van der Waals surface area contributed by atoms with Crippen molar-refractivity contribution in [2.45, 2.75) is 44.7 Å². The summed E-state index contributed by atoms with van der Waals surface area (Å²) in [6.45, 7) is 3.33. The lowest BCUT2D eigenvalue weighted by molar-refractivity contribution is -0.144. The number of rotatable bonds is 7. The number of esters is 1. The standard InChI is InChI=1S/C11H20N2O5/c1-11(2,12)6-8(14)13-7(10(16)17)4-5-9(15)18-3/h7H,4-6,12H2,1-3H3,(H,13,14)(H,16,17)/t7-/m0/s1. The van der Waals surface area contributed by atoms with E-state index in [-0.39, 0.29) is 19.3 Å². The second kappa shape index (κ2) is 6.95. The molecular weight excluding hydrogens is 240 g/mol. The number of carbonyl (C=O) groups excluding carboxylic acids is 2. The van der Waals surface area contributed by atoms with E-state index >= 15 is 0 Å². The van der Waals surface area contributed by atoms with Gasteiger partial charge in [0.2, 0.25) is 5.91 Å². The molecule has 0 aromatic heterocycles. The monoisotopic (exact) mass is 260 g/mol. The number of methoxy groups -OCH3 is 1. The molecule has 0 saturated carbocycles. The van der Waals surface area contributed by atoms with E-state index in [1.165, 1.54) is 7.11 Å². The van der Waals surface area contributed by atoms with Gasteiger partial charge in [0, 0.05) is 18.4 Å². The van der Waals surface area contributed by atoms with Crippen LogP contribution in [0.5, 0.6) is 0 Å². The van der Waals surface area contributed by atoms with Crippen LogP contribution in [0.3, 0.4) is 0 Å². The summed E-state index contributed by atoms with van der Waals surface area (Å²) < 4.78 is 4.40. The van der Waals surface area contributed by atoms with E-state index in [0.29, 0.717) is 0 Å². The number of amides is 1. The van der Waals surface area contributed by atoms with Gasteiger partial charge >= 0.3 is 11.9 Å². The van der Waals surface area contributed by atoms with E-state index in [0.717, 1.165) is 0 Å². The summed E-state index contributed by atoms with van der Waals surface area (Å²) in [6, 6.07) is -1.11. The summed E-state index contributed by atoms with van der Waals surface area (Å²) in [6.07, 6.45) is -0.0759. The zero-order valence-electron chi connectivity index (χ0n) is 10.9. The van der Waals surface area contributed by atoms with Crippen molar-refractivity contribution in [1.29, 1.82) is 0 Å². The molecule has 104 valence electrons. The summed E-state index contributed by atoms with van der Waals surface area (Å²) in [7, 11) is 1.22. The highest BCUT2D eigenvalue weighted by molar-refractivity contribution is 5.84. The second-order valence-corrected chi connectivity index (χ2v) is 4.74. The van der Waals surface area contributed by atoms with Crippen molar-refractivity contribution >= 4 is 17.8 Å². The van der Waals surface area contributed by atoms with Crippen LogP contribution in [-0.2, 0) is 19.1 Å². The highest BCUT2D eigenvalue weighted by atomic mass is 16.5. The molecule has 0 rings (SSSR count). The van der Waals surface area contributed by atoms with Crippen molar-refractivity contribution in [1.82, 2.24) is 5.32 Å². The van der Waals surface area contributed by atoms with Crippen molar-refractivity contribution in [3.8, 4) is 0 Å². The summed E-state index contributed by atoms with van der Waals surface area (Å²) in [5, 5.41) is 11.2. The van der Waals surface area contributed by atoms with Gasteiger partial charge in [0.05, 0.1) is 7.11 Å². The maximum Gasteiger partial charge on any atom is 0.326 e. The molecule has 7 heteroatoms. The SMILES string of the molecule is COC(=O)CC[C@H](NC(=O)CC(C)(C)N)C(=O)O. The van der Waals surface area contributed by atoms with Crippen LogP contribution in [0.1, 0.15) is 33.1 Å². The van der Waals surface area contributed by atoms with E-state index in [9.17, 15) is 14.4 Å². The predicted molar refractivity (Wildman–Crippen MR) is 63.7 cm³/mol. The van der Waals surface area contributed by atoms with Crippen molar-refractivity contribution < 1.29 is 24.2 Å². The minimum Gasteiger partial charge on any atom is -0.480 e. The summed E-state index contributed by atoms with van der Waals surface area (Å²) in [5.74, 6) is -2.17. The van der Waals surface area contributed by atoms with Gasteiger partial charge in [0.1, 0.15) is 6.04 Å². The van der Waals surface area contributed by atoms with E-state index in [1.807, 2.05) is 0 Å². The van der Waals surface area contributed by atoms with Gasteiger partial charge in [-0.2, -0.15) is 0 Å². The Morgan fingerprint density at radius 2 is 1.94 bits per heavy atom. The minimum absolute atomic E-state index is 0.00893. The van der Waals surface area contributed by atoms with E-state index in [2.05, 4.69) is 10.1 Å². The van der Waals surface area contributed by atoms with E-state index in [1.54, 1.807) is 13.8 Å². The Hall–Kier alpha value is -1.63. The lowest BCUT2D eigenvalue weighted by Gasteiger charge is -2.20. The number of carbonyl (C=O) groups is 3. The maximum atomic E-state index is 11.5.